The highest BCUT2D eigenvalue weighted by molar-refractivity contribution is 6.12. The number of hydrogen-bond acceptors (Lipinski definition) is 4. The van der Waals surface area contributed by atoms with Crippen LogP contribution in [0.3, 0.4) is 0 Å². The Morgan fingerprint density at radius 3 is 1.01 bits per heavy atom. The van der Waals surface area contributed by atoms with Gasteiger partial charge in [-0.1, -0.05) is 168 Å². The topological polar surface area (TPSA) is 72.3 Å². The minimum absolute atomic E-state index is 0.0634. The predicted molar refractivity (Wildman–Crippen MR) is 284 cm³/mol. The van der Waals surface area contributed by atoms with E-state index in [0.29, 0.717) is 23.0 Å². The number of fused-ring (bicyclic) bond motifs is 6. The molecular weight excluding hydrogens is 829 g/mol. The van der Waals surface area contributed by atoms with Crippen molar-refractivity contribution in [2.24, 2.45) is 0 Å². The van der Waals surface area contributed by atoms with Gasteiger partial charge in [-0.05, 0) is 105 Å². The Bertz CT molecular complexity index is 3450. The van der Waals surface area contributed by atoms with Crippen LogP contribution in [0.2, 0.25) is 0 Å². The summed E-state index contributed by atoms with van der Waals surface area (Å²) in [6, 6.07) is 54.5. The third-order valence-electron chi connectivity index (χ3n) is 13.7. The van der Waals surface area contributed by atoms with Crippen LogP contribution < -0.4 is 0 Å². The van der Waals surface area contributed by atoms with E-state index in [1.165, 1.54) is 22.3 Å². The fraction of sp³-hybridized carbons (Fsp3) is 0.258. The summed E-state index contributed by atoms with van der Waals surface area (Å²) in [7, 11) is 0. The Kier molecular flexibility index (Phi) is 10.4. The summed E-state index contributed by atoms with van der Waals surface area (Å²) in [5.74, 6) is 1.65. The molecule has 0 fully saturated rings. The first-order valence-corrected chi connectivity index (χ1v) is 23.8. The molecule has 7 aromatic carbocycles. The van der Waals surface area contributed by atoms with Crippen molar-refractivity contribution in [1.82, 2.24) is 24.1 Å². The molecule has 6 nitrogen and oxygen atoms in total. The number of aromatic nitrogens is 5. The van der Waals surface area contributed by atoms with E-state index in [9.17, 15) is 5.26 Å². The monoisotopic (exact) mass is 888 g/mol. The van der Waals surface area contributed by atoms with Crippen molar-refractivity contribution in [2.75, 3.05) is 0 Å². The molecule has 3 heterocycles. The zero-order valence-electron chi connectivity index (χ0n) is 41.5. The molecule has 0 saturated heterocycles. The summed E-state index contributed by atoms with van der Waals surface area (Å²) in [5, 5.41) is 16.1. The molecule has 68 heavy (non-hydrogen) atoms. The average Bonchev–Trinajstić information content (AvgIpc) is 3.81. The molecule has 0 N–H and O–H groups in total. The molecular formula is C62H60N6. The van der Waals surface area contributed by atoms with Crippen molar-refractivity contribution in [3.63, 3.8) is 0 Å². The predicted octanol–water partition coefficient (Wildman–Crippen LogP) is 16.1. The van der Waals surface area contributed by atoms with Crippen LogP contribution in [0.15, 0.2) is 146 Å². The van der Waals surface area contributed by atoms with Crippen LogP contribution in [0.4, 0.5) is 0 Å². The lowest BCUT2D eigenvalue weighted by Gasteiger charge is -2.21. The summed E-state index contributed by atoms with van der Waals surface area (Å²) in [6.07, 6.45) is 0. The van der Waals surface area contributed by atoms with Gasteiger partial charge in [0, 0.05) is 38.2 Å². The third-order valence-corrected chi connectivity index (χ3v) is 13.7. The molecule has 0 atom stereocenters. The molecule has 0 unspecified atom stereocenters. The Morgan fingerprint density at radius 1 is 0.368 bits per heavy atom. The number of nitriles is 1. The van der Waals surface area contributed by atoms with Crippen LogP contribution in [-0.4, -0.2) is 24.1 Å². The van der Waals surface area contributed by atoms with Crippen molar-refractivity contribution >= 4 is 43.6 Å². The molecule has 0 aliphatic carbocycles. The first-order chi connectivity index (χ1) is 32.2. The van der Waals surface area contributed by atoms with Crippen molar-refractivity contribution in [3.05, 3.63) is 173 Å². The summed E-state index contributed by atoms with van der Waals surface area (Å²) >= 11 is 0. The van der Waals surface area contributed by atoms with Crippen LogP contribution in [0, 0.1) is 11.3 Å². The second-order valence-corrected chi connectivity index (χ2v) is 22.6. The number of nitrogens with zero attached hydrogens (tertiary/aromatic N) is 6. The highest BCUT2D eigenvalue weighted by Crippen LogP contribution is 2.44. The van der Waals surface area contributed by atoms with E-state index in [1.807, 2.05) is 60.7 Å². The molecule has 6 heteroatoms. The Labute approximate surface area is 401 Å². The Hall–Kier alpha value is -7.36. The maximum Gasteiger partial charge on any atom is 0.166 e. The van der Waals surface area contributed by atoms with E-state index in [-0.39, 0.29) is 21.7 Å². The number of benzene rings is 7. The highest BCUT2D eigenvalue weighted by atomic mass is 15.1. The fourth-order valence-corrected chi connectivity index (χ4v) is 9.58. The number of hydrogen-bond donors (Lipinski definition) is 0. The van der Waals surface area contributed by atoms with Gasteiger partial charge in [-0.15, -0.1) is 0 Å². The van der Waals surface area contributed by atoms with Crippen molar-refractivity contribution in [2.45, 2.75) is 105 Å². The molecule has 3 aromatic heterocycles. The van der Waals surface area contributed by atoms with Crippen LogP contribution >= 0.6 is 0 Å². The van der Waals surface area contributed by atoms with Gasteiger partial charge in [0.25, 0.3) is 0 Å². The highest BCUT2D eigenvalue weighted by Gasteiger charge is 2.27. The lowest BCUT2D eigenvalue weighted by Crippen LogP contribution is -2.11. The molecule has 0 amide bonds. The summed E-state index contributed by atoms with van der Waals surface area (Å²) in [6.45, 7) is 27.2. The van der Waals surface area contributed by atoms with Crippen LogP contribution in [0.1, 0.15) is 111 Å². The molecule has 10 aromatic rings. The van der Waals surface area contributed by atoms with E-state index in [0.717, 1.165) is 71.7 Å². The van der Waals surface area contributed by atoms with Gasteiger partial charge < -0.3 is 9.13 Å². The van der Waals surface area contributed by atoms with Crippen molar-refractivity contribution < 1.29 is 0 Å². The first-order valence-electron chi connectivity index (χ1n) is 23.8. The van der Waals surface area contributed by atoms with Crippen LogP contribution in [-0.2, 0) is 21.7 Å². The SMILES string of the molecule is CC(C)(C)c1ccc2c(c1)c1cc(C(C)(C)C)ccc1n2-c1cc(-c2nc(-c3ccccc3)nc(-c3ccccc3)n2)c(-n2c3ccc(C(C)(C)C)cc3c3cc(C(C)(C)C)ccc32)cc1C#N. The molecule has 10 rings (SSSR count). The quantitative estimate of drug-likeness (QED) is 0.173. The molecule has 0 aliphatic heterocycles. The maximum atomic E-state index is 11.5. The van der Waals surface area contributed by atoms with Gasteiger partial charge in [-0.2, -0.15) is 5.26 Å². The normalized spacial score (nSPS) is 12.7. The standard InChI is InChI=1S/C62H60N6/c1-59(2,3)41-23-27-50-45(32-41)46-33-42(60(4,5)6)24-28-51(46)67(50)54-36-49(58-65-56(38-19-15-13-16-20-38)64-57(66-58)39-21-17-14-18-22-39)55(31-40(54)37-63)68-52-29-25-43(61(7,8)9)34-47(52)48-35-44(62(10,11)12)26-30-53(48)68/h13-36H,1-12H3. The van der Waals surface area contributed by atoms with E-state index in [4.69, 9.17) is 15.0 Å². The fourth-order valence-electron chi connectivity index (χ4n) is 9.58. The van der Waals surface area contributed by atoms with Crippen molar-refractivity contribution in [3.8, 4) is 51.6 Å². The minimum atomic E-state index is -0.0683. The second kappa shape index (κ2) is 15.9. The number of rotatable bonds is 5. The third kappa shape index (κ3) is 7.74. The largest absolute Gasteiger partial charge is 0.308 e. The zero-order chi connectivity index (χ0) is 48.1. The van der Waals surface area contributed by atoms with Gasteiger partial charge in [0.15, 0.2) is 17.5 Å². The molecule has 0 radical (unpaired) electrons. The molecule has 0 bridgehead atoms. The molecule has 0 saturated carbocycles. The first kappa shape index (κ1) is 44.5. The van der Waals surface area contributed by atoms with E-state index >= 15 is 0 Å². The van der Waals surface area contributed by atoms with Gasteiger partial charge in [-0.25, -0.2) is 15.0 Å². The molecule has 0 aliphatic rings. The molecule has 0 spiro atoms. The van der Waals surface area contributed by atoms with E-state index in [1.54, 1.807) is 0 Å². The van der Waals surface area contributed by atoms with Gasteiger partial charge >= 0.3 is 0 Å². The lowest BCUT2D eigenvalue weighted by molar-refractivity contribution is 0.590. The zero-order valence-corrected chi connectivity index (χ0v) is 41.5. The van der Waals surface area contributed by atoms with Crippen LogP contribution in [0.25, 0.3) is 89.2 Å². The Balaban J connectivity index is 1.37. The second-order valence-electron chi connectivity index (χ2n) is 22.6. The van der Waals surface area contributed by atoms with Crippen LogP contribution in [0.5, 0.6) is 0 Å². The van der Waals surface area contributed by atoms with Gasteiger partial charge in [-0.3, -0.25) is 0 Å². The van der Waals surface area contributed by atoms with Gasteiger partial charge in [0.2, 0.25) is 0 Å². The summed E-state index contributed by atoms with van der Waals surface area (Å²) in [5.41, 5.74) is 13.6. The maximum absolute atomic E-state index is 11.5. The average molecular weight is 889 g/mol. The lowest BCUT2D eigenvalue weighted by atomic mass is 9.85. The summed E-state index contributed by atoms with van der Waals surface area (Å²) < 4.78 is 4.61. The van der Waals surface area contributed by atoms with E-state index in [2.05, 4.69) is 183 Å². The van der Waals surface area contributed by atoms with E-state index < -0.39 is 0 Å². The molecule has 338 valence electrons. The Morgan fingerprint density at radius 2 is 0.691 bits per heavy atom. The van der Waals surface area contributed by atoms with Gasteiger partial charge in [0.05, 0.1) is 39.0 Å². The summed E-state index contributed by atoms with van der Waals surface area (Å²) in [4.78, 5) is 15.9. The van der Waals surface area contributed by atoms with Crippen molar-refractivity contribution in [1.29, 1.82) is 5.26 Å². The van der Waals surface area contributed by atoms with Gasteiger partial charge in [0.1, 0.15) is 6.07 Å². The smallest absolute Gasteiger partial charge is 0.166 e. The minimum Gasteiger partial charge on any atom is -0.308 e.